The molecule has 2 amide bonds. The van der Waals surface area contributed by atoms with Crippen molar-refractivity contribution < 1.29 is 14.3 Å². The van der Waals surface area contributed by atoms with E-state index in [2.05, 4.69) is 10.3 Å². The second kappa shape index (κ2) is 6.96. The van der Waals surface area contributed by atoms with Crippen molar-refractivity contribution in [3.05, 3.63) is 59.3 Å². The smallest absolute Gasteiger partial charge is 0.257 e. The minimum atomic E-state index is -0.205. The van der Waals surface area contributed by atoms with Crippen molar-refractivity contribution in [2.75, 3.05) is 23.9 Å². The highest BCUT2D eigenvalue weighted by Crippen LogP contribution is 2.31. The Morgan fingerprint density at radius 2 is 1.96 bits per heavy atom. The Morgan fingerprint density at radius 1 is 1.14 bits per heavy atom. The molecule has 1 aliphatic rings. The quantitative estimate of drug-likeness (QED) is 0.757. The lowest BCUT2D eigenvalue weighted by Crippen LogP contribution is -2.25. The van der Waals surface area contributed by atoms with Crippen LogP contribution in [0.3, 0.4) is 0 Å². The third-order valence-electron chi connectivity index (χ3n) is 5.07. The number of hydrogen-bond donors (Lipinski definition) is 1. The Bertz CT molecular complexity index is 1110. The second-order valence-electron chi connectivity index (χ2n) is 6.90. The molecule has 1 aromatic heterocycles. The van der Waals surface area contributed by atoms with Crippen LogP contribution >= 0.6 is 0 Å². The van der Waals surface area contributed by atoms with E-state index in [-0.39, 0.29) is 11.8 Å². The number of fused-ring (bicyclic) bond motifs is 2. The molecule has 0 saturated heterocycles. The Kier molecular flexibility index (Phi) is 4.47. The molecule has 0 aliphatic carbocycles. The molecule has 28 heavy (non-hydrogen) atoms. The first-order valence-corrected chi connectivity index (χ1v) is 9.14. The van der Waals surface area contributed by atoms with Crippen LogP contribution in [0.25, 0.3) is 10.9 Å². The molecular formula is C22H21N3O3. The fourth-order valence-corrected chi connectivity index (χ4v) is 3.61. The Balaban J connectivity index is 1.60. The van der Waals surface area contributed by atoms with Crippen LogP contribution in [0.4, 0.5) is 11.4 Å². The number of amides is 2. The molecule has 6 nitrogen and oxygen atoms in total. The second-order valence-corrected chi connectivity index (χ2v) is 6.90. The van der Waals surface area contributed by atoms with E-state index >= 15 is 0 Å². The maximum Gasteiger partial charge on any atom is 0.257 e. The van der Waals surface area contributed by atoms with Gasteiger partial charge >= 0.3 is 0 Å². The summed E-state index contributed by atoms with van der Waals surface area (Å²) in [7, 11) is 1.61. The predicted molar refractivity (Wildman–Crippen MR) is 109 cm³/mol. The monoisotopic (exact) mass is 375 g/mol. The number of rotatable bonds is 3. The topological polar surface area (TPSA) is 71.5 Å². The lowest BCUT2D eigenvalue weighted by Gasteiger charge is -2.15. The highest BCUT2D eigenvalue weighted by atomic mass is 16.5. The Hall–Kier alpha value is -3.41. The summed E-state index contributed by atoms with van der Waals surface area (Å²) in [5.41, 5.74) is 4.67. The van der Waals surface area contributed by atoms with Crippen LogP contribution in [-0.4, -0.2) is 30.5 Å². The third kappa shape index (κ3) is 3.17. The van der Waals surface area contributed by atoms with Gasteiger partial charge in [-0.2, -0.15) is 0 Å². The van der Waals surface area contributed by atoms with Crippen molar-refractivity contribution in [2.45, 2.75) is 20.3 Å². The maximum atomic E-state index is 12.8. The number of nitrogens with zero attached hydrogens (tertiary/aromatic N) is 2. The molecule has 1 aliphatic heterocycles. The van der Waals surface area contributed by atoms with E-state index in [1.807, 2.05) is 49.4 Å². The number of anilines is 2. The zero-order valence-corrected chi connectivity index (χ0v) is 16.1. The van der Waals surface area contributed by atoms with Gasteiger partial charge in [-0.3, -0.25) is 14.6 Å². The van der Waals surface area contributed by atoms with Crippen LogP contribution in [0.5, 0.6) is 5.75 Å². The van der Waals surface area contributed by atoms with Crippen LogP contribution in [0.1, 0.15) is 28.5 Å². The SMILES string of the molecule is COc1ccc2cc(C(=O)Nc3ccc4c(c3)CCN4C(C)=O)c(C)nc2c1. The number of carbonyl (C=O) groups is 2. The van der Waals surface area contributed by atoms with Crippen molar-refractivity contribution in [2.24, 2.45) is 0 Å². The summed E-state index contributed by atoms with van der Waals surface area (Å²) in [6.45, 7) is 4.07. The molecule has 0 radical (unpaired) electrons. The fourth-order valence-electron chi connectivity index (χ4n) is 3.61. The van der Waals surface area contributed by atoms with Gasteiger partial charge in [0.2, 0.25) is 5.91 Å². The standard InChI is InChI=1S/C22H21N3O3/c1-13-19(11-15-4-6-18(28-3)12-20(15)23-13)22(27)24-17-5-7-21-16(10-17)8-9-25(21)14(2)26/h4-7,10-12H,8-9H2,1-3H3,(H,24,27). The van der Waals surface area contributed by atoms with Crippen molar-refractivity contribution in [3.63, 3.8) is 0 Å². The van der Waals surface area contributed by atoms with Crippen molar-refractivity contribution in [1.82, 2.24) is 4.98 Å². The molecule has 4 rings (SSSR count). The number of aryl methyl sites for hydroxylation is 1. The fraction of sp³-hybridized carbons (Fsp3) is 0.227. The average Bonchev–Trinajstić information content (AvgIpc) is 3.10. The first-order chi connectivity index (χ1) is 13.5. The molecule has 0 saturated carbocycles. The summed E-state index contributed by atoms with van der Waals surface area (Å²) >= 11 is 0. The zero-order chi connectivity index (χ0) is 19.8. The third-order valence-corrected chi connectivity index (χ3v) is 5.07. The Labute approximate surface area is 163 Å². The highest BCUT2D eigenvalue weighted by molar-refractivity contribution is 6.07. The molecule has 3 aromatic rings. The summed E-state index contributed by atoms with van der Waals surface area (Å²) < 4.78 is 5.23. The molecule has 0 atom stereocenters. The molecule has 0 spiro atoms. The van der Waals surface area contributed by atoms with Gasteiger partial charge < -0.3 is 15.0 Å². The van der Waals surface area contributed by atoms with Gasteiger partial charge in [0.05, 0.1) is 23.9 Å². The molecule has 0 bridgehead atoms. The van der Waals surface area contributed by atoms with Crippen LogP contribution < -0.4 is 15.0 Å². The molecule has 0 fully saturated rings. The van der Waals surface area contributed by atoms with Crippen LogP contribution in [0.15, 0.2) is 42.5 Å². The lowest BCUT2D eigenvalue weighted by atomic mass is 10.1. The van der Waals surface area contributed by atoms with Gasteiger partial charge in [0.25, 0.3) is 5.91 Å². The van der Waals surface area contributed by atoms with Gasteiger partial charge in [0, 0.05) is 36.3 Å². The van der Waals surface area contributed by atoms with Crippen LogP contribution in [-0.2, 0) is 11.2 Å². The minimum absolute atomic E-state index is 0.0324. The van der Waals surface area contributed by atoms with E-state index in [1.165, 1.54) is 0 Å². The van der Waals surface area contributed by atoms with Gasteiger partial charge in [-0.25, -0.2) is 0 Å². The van der Waals surface area contributed by atoms with E-state index in [4.69, 9.17) is 4.74 Å². The van der Waals surface area contributed by atoms with Gasteiger partial charge in [-0.15, -0.1) is 0 Å². The number of ether oxygens (including phenoxy) is 1. The summed E-state index contributed by atoms with van der Waals surface area (Å²) in [6.07, 6.45) is 0.789. The summed E-state index contributed by atoms with van der Waals surface area (Å²) in [5, 5.41) is 3.83. The predicted octanol–water partition coefficient (Wildman–Crippen LogP) is 3.71. The van der Waals surface area contributed by atoms with Gasteiger partial charge in [-0.1, -0.05) is 0 Å². The normalized spacial score (nSPS) is 12.8. The summed E-state index contributed by atoms with van der Waals surface area (Å²) in [4.78, 5) is 30.8. The average molecular weight is 375 g/mol. The van der Waals surface area contributed by atoms with Gasteiger partial charge in [-0.05, 0) is 55.3 Å². The first-order valence-electron chi connectivity index (χ1n) is 9.14. The number of pyridine rings is 1. The Morgan fingerprint density at radius 3 is 2.71 bits per heavy atom. The van der Waals surface area contributed by atoms with Crippen molar-refractivity contribution in [3.8, 4) is 5.75 Å². The van der Waals surface area contributed by atoms with Gasteiger partial charge in [0.15, 0.2) is 0 Å². The highest BCUT2D eigenvalue weighted by Gasteiger charge is 2.22. The number of benzene rings is 2. The van der Waals surface area contributed by atoms with E-state index < -0.39 is 0 Å². The summed E-state index contributed by atoms with van der Waals surface area (Å²) in [5.74, 6) is 0.559. The van der Waals surface area contributed by atoms with E-state index in [1.54, 1.807) is 18.9 Å². The van der Waals surface area contributed by atoms with Crippen LogP contribution in [0, 0.1) is 6.92 Å². The molecule has 6 heteroatoms. The zero-order valence-electron chi connectivity index (χ0n) is 16.1. The minimum Gasteiger partial charge on any atom is -0.497 e. The molecule has 1 N–H and O–H groups in total. The number of nitrogens with one attached hydrogen (secondary N) is 1. The number of methoxy groups -OCH3 is 1. The van der Waals surface area contributed by atoms with Gasteiger partial charge in [0.1, 0.15) is 5.75 Å². The molecule has 2 heterocycles. The molecular weight excluding hydrogens is 354 g/mol. The van der Waals surface area contributed by atoms with Crippen molar-refractivity contribution in [1.29, 1.82) is 0 Å². The molecule has 142 valence electrons. The maximum absolute atomic E-state index is 12.8. The van der Waals surface area contributed by atoms with Crippen molar-refractivity contribution >= 4 is 34.1 Å². The number of aromatic nitrogens is 1. The van der Waals surface area contributed by atoms with E-state index in [0.29, 0.717) is 23.5 Å². The molecule has 0 unspecified atom stereocenters. The van der Waals surface area contributed by atoms with Crippen LogP contribution in [0.2, 0.25) is 0 Å². The van der Waals surface area contributed by atoms with E-state index in [9.17, 15) is 9.59 Å². The first kappa shape index (κ1) is 18.0. The lowest BCUT2D eigenvalue weighted by molar-refractivity contribution is -0.116. The summed E-state index contributed by atoms with van der Waals surface area (Å²) in [6, 6.07) is 13.1. The number of hydrogen-bond acceptors (Lipinski definition) is 4. The molecule has 2 aromatic carbocycles. The number of carbonyl (C=O) groups excluding carboxylic acids is 2. The van der Waals surface area contributed by atoms with E-state index in [0.717, 1.165) is 34.3 Å². The largest absolute Gasteiger partial charge is 0.497 e.